The van der Waals surface area contributed by atoms with E-state index < -0.39 is 0 Å². The Morgan fingerprint density at radius 3 is 3.00 bits per heavy atom. The van der Waals surface area contributed by atoms with E-state index in [1.165, 1.54) is 22.5 Å². The Morgan fingerprint density at radius 1 is 1.27 bits per heavy atom. The highest BCUT2D eigenvalue weighted by Gasteiger charge is 2.16. The van der Waals surface area contributed by atoms with E-state index in [-0.39, 0.29) is 0 Å². The SMILES string of the molecule is N#Cc1cc2c(s1)Nc1ccccc1C2. The third-order valence-electron chi connectivity index (χ3n) is 2.57. The minimum atomic E-state index is 0.778. The van der Waals surface area contributed by atoms with Crippen molar-refractivity contribution in [3.05, 3.63) is 46.3 Å². The van der Waals surface area contributed by atoms with E-state index in [9.17, 15) is 0 Å². The fraction of sp³-hybridized carbons (Fsp3) is 0.0833. The number of hydrogen-bond acceptors (Lipinski definition) is 3. The molecule has 3 heteroatoms. The average Bonchev–Trinajstić information content (AvgIpc) is 2.67. The van der Waals surface area contributed by atoms with Crippen LogP contribution in [0.4, 0.5) is 10.7 Å². The van der Waals surface area contributed by atoms with Crippen LogP contribution < -0.4 is 5.32 Å². The molecule has 1 N–H and O–H groups in total. The van der Waals surface area contributed by atoms with Crippen molar-refractivity contribution in [3.8, 4) is 6.07 Å². The quantitative estimate of drug-likeness (QED) is 0.620. The number of fused-ring (bicyclic) bond motifs is 2. The van der Waals surface area contributed by atoms with Crippen molar-refractivity contribution in [2.45, 2.75) is 6.42 Å². The zero-order chi connectivity index (χ0) is 10.3. The molecule has 0 spiro atoms. The van der Waals surface area contributed by atoms with Gasteiger partial charge in [0, 0.05) is 12.1 Å². The van der Waals surface area contributed by atoms with Crippen LogP contribution in [0.1, 0.15) is 16.0 Å². The first-order valence-electron chi connectivity index (χ1n) is 4.74. The van der Waals surface area contributed by atoms with Gasteiger partial charge in [0.2, 0.25) is 0 Å². The van der Waals surface area contributed by atoms with Crippen molar-refractivity contribution in [2.24, 2.45) is 0 Å². The molecule has 0 radical (unpaired) electrons. The van der Waals surface area contributed by atoms with Gasteiger partial charge in [-0.25, -0.2) is 0 Å². The molecule has 0 unspecified atom stereocenters. The predicted molar refractivity (Wildman–Crippen MR) is 61.6 cm³/mol. The van der Waals surface area contributed by atoms with Crippen molar-refractivity contribution in [1.82, 2.24) is 0 Å². The summed E-state index contributed by atoms with van der Waals surface area (Å²) < 4.78 is 0. The zero-order valence-electron chi connectivity index (χ0n) is 7.95. The summed E-state index contributed by atoms with van der Waals surface area (Å²) >= 11 is 1.53. The van der Waals surface area contributed by atoms with Crippen molar-refractivity contribution in [2.75, 3.05) is 5.32 Å². The lowest BCUT2D eigenvalue weighted by Crippen LogP contribution is -2.03. The maximum Gasteiger partial charge on any atom is 0.110 e. The number of rotatable bonds is 0. The largest absolute Gasteiger partial charge is 0.347 e. The number of hydrogen-bond donors (Lipinski definition) is 1. The summed E-state index contributed by atoms with van der Waals surface area (Å²) in [6, 6.07) is 12.4. The maximum atomic E-state index is 8.84. The van der Waals surface area contributed by atoms with E-state index in [4.69, 9.17) is 5.26 Å². The lowest BCUT2D eigenvalue weighted by atomic mass is 10.0. The van der Waals surface area contributed by atoms with E-state index in [1.54, 1.807) is 0 Å². The summed E-state index contributed by atoms with van der Waals surface area (Å²) in [6.45, 7) is 0. The lowest BCUT2D eigenvalue weighted by molar-refractivity contribution is 1.18. The van der Waals surface area contributed by atoms with Gasteiger partial charge in [0.15, 0.2) is 0 Å². The third-order valence-corrected chi connectivity index (χ3v) is 3.56. The van der Waals surface area contributed by atoms with Gasteiger partial charge in [0.1, 0.15) is 10.9 Å². The van der Waals surface area contributed by atoms with Crippen LogP contribution in [0, 0.1) is 11.3 Å². The number of benzene rings is 1. The van der Waals surface area contributed by atoms with Crippen LogP contribution in [0.3, 0.4) is 0 Å². The molecule has 1 aliphatic rings. The Balaban J connectivity index is 2.10. The van der Waals surface area contributed by atoms with Crippen molar-refractivity contribution < 1.29 is 0 Å². The maximum absolute atomic E-state index is 8.84. The van der Waals surface area contributed by atoms with E-state index in [0.29, 0.717) is 0 Å². The molecule has 72 valence electrons. The topological polar surface area (TPSA) is 35.8 Å². The molecule has 0 atom stereocenters. The highest BCUT2D eigenvalue weighted by atomic mass is 32.1. The molecule has 0 bridgehead atoms. The molecule has 1 aliphatic heterocycles. The summed E-state index contributed by atoms with van der Waals surface area (Å²) in [4.78, 5) is 0.778. The third kappa shape index (κ3) is 1.31. The fourth-order valence-corrected chi connectivity index (χ4v) is 2.73. The minimum absolute atomic E-state index is 0.778. The van der Waals surface area contributed by atoms with Gasteiger partial charge >= 0.3 is 0 Å². The Hall–Kier alpha value is -1.79. The van der Waals surface area contributed by atoms with Crippen LogP contribution in [0.2, 0.25) is 0 Å². The second-order valence-corrected chi connectivity index (χ2v) is 4.59. The number of nitrogens with zero attached hydrogens (tertiary/aromatic N) is 1. The van der Waals surface area contributed by atoms with E-state index in [2.05, 4.69) is 23.5 Å². The van der Waals surface area contributed by atoms with Crippen molar-refractivity contribution in [1.29, 1.82) is 5.26 Å². The highest BCUT2D eigenvalue weighted by molar-refractivity contribution is 7.16. The first-order chi connectivity index (χ1) is 7.36. The summed E-state index contributed by atoms with van der Waals surface area (Å²) in [6.07, 6.45) is 0.927. The lowest BCUT2D eigenvalue weighted by Gasteiger charge is -2.17. The van der Waals surface area contributed by atoms with Crippen molar-refractivity contribution >= 4 is 22.0 Å². The van der Waals surface area contributed by atoms with Gasteiger partial charge in [-0.05, 0) is 23.3 Å². The highest BCUT2D eigenvalue weighted by Crippen LogP contribution is 2.38. The molecule has 0 amide bonds. The van der Waals surface area contributed by atoms with Crippen LogP contribution in [0.15, 0.2) is 30.3 Å². The van der Waals surface area contributed by atoms with Gasteiger partial charge in [-0.2, -0.15) is 5.26 Å². The zero-order valence-corrected chi connectivity index (χ0v) is 8.77. The van der Waals surface area contributed by atoms with Crippen LogP contribution >= 0.6 is 11.3 Å². The molecule has 2 aromatic rings. The molecular weight excluding hydrogens is 204 g/mol. The van der Waals surface area contributed by atoms with Gasteiger partial charge in [0.25, 0.3) is 0 Å². The van der Waals surface area contributed by atoms with Gasteiger partial charge in [-0.15, -0.1) is 11.3 Å². The van der Waals surface area contributed by atoms with Crippen LogP contribution in [-0.2, 0) is 6.42 Å². The smallest absolute Gasteiger partial charge is 0.110 e. The molecule has 2 nitrogen and oxygen atoms in total. The first-order valence-corrected chi connectivity index (χ1v) is 5.56. The van der Waals surface area contributed by atoms with Crippen LogP contribution in [0.5, 0.6) is 0 Å². The molecule has 2 heterocycles. The van der Waals surface area contributed by atoms with E-state index in [0.717, 1.165) is 22.0 Å². The normalized spacial score (nSPS) is 12.2. The Bertz CT molecular complexity index is 521. The van der Waals surface area contributed by atoms with Gasteiger partial charge in [-0.1, -0.05) is 18.2 Å². The molecule has 0 saturated carbocycles. The van der Waals surface area contributed by atoms with Gasteiger partial charge < -0.3 is 5.32 Å². The molecule has 3 rings (SSSR count). The standard InChI is InChI=1S/C12H8N2S/c13-7-10-6-9-5-8-3-1-2-4-11(8)14-12(9)15-10/h1-4,6,14H,5H2. The molecular formula is C12H8N2S. The molecule has 1 aromatic carbocycles. The number of nitrogens with one attached hydrogen (secondary N) is 1. The second-order valence-electron chi connectivity index (χ2n) is 3.54. The predicted octanol–water partition coefficient (Wildman–Crippen LogP) is 3.27. The van der Waals surface area contributed by atoms with E-state index in [1.807, 2.05) is 18.2 Å². The molecule has 0 fully saturated rings. The Morgan fingerprint density at radius 2 is 2.13 bits per heavy atom. The summed E-state index contributed by atoms with van der Waals surface area (Å²) in [5.41, 5.74) is 3.69. The number of thiophene rings is 1. The van der Waals surface area contributed by atoms with Crippen LogP contribution in [0.25, 0.3) is 0 Å². The fourth-order valence-electron chi connectivity index (χ4n) is 1.84. The summed E-state index contributed by atoms with van der Waals surface area (Å²) in [7, 11) is 0. The van der Waals surface area contributed by atoms with Gasteiger partial charge in [-0.3, -0.25) is 0 Å². The van der Waals surface area contributed by atoms with Gasteiger partial charge in [0.05, 0.1) is 5.00 Å². The Labute approximate surface area is 91.8 Å². The number of para-hydroxylation sites is 1. The summed E-state index contributed by atoms with van der Waals surface area (Å²) in [5, 5.41) is 13.3. The first kappa shape index (κ1) is 8.51. The average molecular weight is 212 g/mol. The van der Waals surface area contributed by atoms with E-state index >= 15 is 0 Å². The van der Waals surface area contributed by atoms with Crippen LogP contribution in [-0.4, -0.2) is 0 Å². The second kappa shape index (κ2) is 3.11. The van der Waals surface area contributed by atoms with Crippen molar-refractivity contribution in [3.63, 3.8) is 0 Å². The molecule has 0 aliphatic carbocycles. The number of nitriles is 1. The monoisotopic (exact) mass is 212 g/mol. The minimum Gasteiger partial charge on any atom is -0.347 e. The summed E-state index contributed by atoms with van der Waals surface area (Å²) in [5.74, 6) is 0. The molecule has 0 saturated heterocycles. The Kier molecular flexibility index (Phi) is 1.77. The molecule has 15 heavy (non-hydrogen) atoms. The molecule has 1 aromatic heterocycles. The number of anilines is 2.